The molecular formula is C30H39N3O4. The lowest BCUT2D eigenvalue weighted by atomic mass is 9.88. The number of amides is 2. The van der Waals surface area contributed by atoms with Crippen molar-refractivity contribution in [1.29, 1.82) is 0 Å². The zero-order chi connectivity index (χ0) is 26.4. The summed E-state index contributed by atoms with van der Waals surface area (Å²) in [5.74, 6) is -0.805. The summed E-state index contributed by atoms with van der Waals surface area (Å²) in [4.78, 5) is 40.9. The van der Waals surface area contributed by atoms with E-state index >= 15 is 0 Å². The van der Waals surface area contributed by atoms with Crippen molar-refractivity contribution in [3.05, 3.63) is 65.2 Å². The number of anilines is 1. The number of hydrogen-bond donors (Lipinski definition) is 2. The molecule has 1 aliphatic carbocycles. The molecular weight excluding hydrogens is 466 g/mol. The van der Waals surface area contributed by atoms with Crippen molar-refractivity contribution in [3.8, 4) is 0 Å². The molecule has 1 atom stereocenters. The Labute approximate surface area is 220 Å². The largest absolute Gasteiger partial charge is 0.444 e. The van der Waals surface area contributed by atoms with E-state index in [-0.39, 0.29) is 5.78 Å². The van der Waals surface area contributed by atoms with Crippen LogP contribution in [0.1, 0.15) is 75.5 Å². The summed E-state index contributed by atoms with van der Waals surface area (Å²) < 4.78 is 5.32. The Morgan fingerprint density at radius 2 is 1.73 bits per heavy atom. The van der Waals surface area contributed by atoms with Gasteiger partial charge in [0, 0.05) is 31.9 Å². The van der Waals surface area contributed by atoms with Crippen LogP contribution in [0.25, 0.3) is 0 Å². The number of benzene rings is 2. The third kappa shape index (κ3) is 7.34. The first kappa shape index (κ1) is 26.7. The smallest absolute Gasteiger partial charge is 0.407 e. The fourth-order valence-electron chi connectivity index (χ4n) is 5.27. The van der Waals surface area contributed by atoms with Gasteiger partial charge in [-0.1, -0.05) is 61.7 Å². The van der Waals surface area contributed by atoms with E-state index in [4.69, 9.17) is 4.74 Å². The molecule has 0 aromatic heterocycles. The van der Waals surface area contributed by atoms with Crippen LogP contribution in [0.4, 0.5) is 10.5 Å². The van der Waals surface area contributed by atoms with Crippen LogP contribution in [-0.4, -0.2) is 41.4 Å². The van der Waals surface area contributed by atoms with Crippen molar-refractivity contribution in [3.63, 3.8) is 0 Å². The van der Waals surface area contributed by atoms with Crippen molar-refractivity contribution in [2.24, 2.45) is 5.92 Å². The third-order valence-corrected chi connectivity index (χ3v) is 7.05. The number of nitrogens with zero attached hydrogens (tertiary/aromatic N) is 1. The lowest BCUT2D eigenvalue weighted by molar-refractivity contribution is -0.146. The molecule has 2 aliphatic rings. The summed E-state index contributed by atoms with van der Waals surface area (Å²) in [5.41, 5.74) is 3.11. The minimum atomic E-state index is -0.562. The second-order valence-electron chi connectivity index (χ2n) is 11.3. The number of alkyl carbamates (subject to hydrolysis) is 1. The van der Waals surface area contributed by atoms with Crippen molar-refractivity contribution in [1.82, 2.24) is 10.2 Å². The number of para-hydroxylation sites is 1. The lowest BCUT2D eigenvalue weighted by Crippen LogP contribution is -2.42. The number of Topliss-reactive ketones (excluding diaryl/α,β-unsaturated/α-hetero) is 1. The van der Waals surface area contributed by atoms with E-state index in [1.54, 1.807) is 4.90 Å². The molecule has 1 fully saturated rings. The quantitative estimate of drug-likeness (QED) is 0.469. The van der Waals surface area contributed by atoms with Crippen molar-refractivity contribution in [2.45, 2.75) is 77.5 Å². The lowest BCUT2D eigenvalue weighted by Gasteiger charge is -2.30. The number of ketones is 1. The van der Waals surface area contributed by atoms with Crippen LogP contribution in [0.2, 0.25) is 0 Å². The number of nitrogens with one attached hydrogen (secondary N) is 2. The Morgan fingerprint density at radius 1 is 1.00 bits per heavy atom. The Hall–Kier alpha value is -3.35. The predicted octanol–water partition coefficient (Wildman–Crippen LogP) is 5.40. The molecule has 0 saturated heterocycles. The first-order valence-electron chi connectivity index (χ1n) is 13.4. The number of carbonyl (C=O) groups excluding carboxylic acids is 3. The van der Waals surface area contributed by atoms with Crippen LogP contribution in [0, 0.1) is 5.92 Å². The summed E-state index contributed by atoms with van der Waals surface area (Å²) in [7, 11) is 0. The fourth-order valence-corrected chi connectivity index (χ4v) is 5.27. The summed E-state index contributed by atoms with van der Waals surface area (Å²) in [6.07, 6.45) is 5.29. The van der Waals surface area contributed by atoms with E-state index in [0.717, 1.165) is 35.2 Å². The summed E-state index contributed by atoms with van der Waals surface area (Å²) in [6.45, 7) is 7.21. The van der Waals surface area contributed by atoms with Gasteiger partial charge in [-0.3, -0.25) is 9.59 Å². The average Bonchev–Trinajstić information content (AvgIpc) is 3.30. The topological polar surface area (TPSA) is 87.7 Å². The van der Waals surface area contributed by atoms with Crippen LogP contribution >= 0.6 is 0 Å². The molecule has 2 N–H and O–H groups in total. The van der Waals surface area contributed by atoms with Crippen LogP contribution in [0.15, 0.2) is 48.5 Å². The normalized spacial score (nSPS) is 17.4. The fraction of sp³-hybridized carbons (Fsp3) is 0.500. The maximum absolute atomic E-state index is 13.6. The highest BCUT2D eigenvalue weighted by Gasteiger charge is 2.35. The van der Waals surface area contributed by atoms with E-state index < -0.39 is 23.5 Å². The van der Waals surface area contributed by atoms with Crippen molar-refractivity contribution >= 4 is 23.5 Å². The third-order valence-electron chi connectivity index (χ3n) is 7.05. The van der Waals surface area contributed by atoms with E-state index in [0.29, 0.717) is 32.1 Å². The van der Waals surface area contributed by atoms with Gasteiger partial charge in [-0.15, -0.1) is 0 Å². The van der Waals surface area contributed by atoms with Gasteiger partial charge in [0.2, 0.25) is 5.78 Å². The maximum Gasteiger partial charge on any atom is 0.407 e. The van der Waals surface area contributed by atoms with Gasteiger partial charge < -0.3 is 20.3 Å². The maximum atomic E-state index is 13.6. The SMILES string of the molecule is CC(C)(C)OC(=O)NCc1cccc(CN(CC2CCCCC2)C(=O)C(=O)C2CNc3ccccc32)c1. The Balaban J connectivity index is 1.47. The van der Waals surface area contributed by atoms with Crippen LogP contribution in [0.3, 0.4) is 0 Å². The molecule has 1 saturated carbocycles. The van der Waals surface area contributed by atoms with Gasteiger partial charge >= 0.3 is 6.09 Å². The molecule has 1 aliphatic heterocycles. The summed E-state index contributed by atoms with van der Waals surface area (Å²) in [5, 5.41) is 6.05. The molecule has 7 heteroatoms. The van der Waals surface area contributed by atoms with Gasteiger partial charge in [0.25, 0.3) is 5.91 Å². The molecule has 1 heterocycles. The predicted molar refractivity (Wildman–Crippen MR) is 144 cm³/mol. The van der Waals surface area contributed by atoms with Crippen molar-refractivity contribution < 1.29 is 19.1 Å². The standard InChI is InChI=1S/C30H39N3O4/c1-30(2,3)37-29(36)32-17-22-12-9-13-23(16-22)20-33(19-21-10-5-4-6-11-21)28(35)27(34)25-18-31-26-15-8-7-14-24(25)26/h7-9,12-16,21,25,31H,4-6,10-11,17-20H2,1-3H3,(H,32,36). The zero-order valence-corrected chi connectivity index (χ0v) is 22.2. The number of ether oxygens (including phenoxy) is 1. The second kappa shape index (κ2) is 11.8. The molecule has 7 nitrogen and oxygen atoms in total. The highest BCUT2D eigenvalue weighted by molar-refractivity contribution is 6.38. The molecule has 2 amide bonds. The number of rotatable bonds is 8. The van der Waals surface area contributed by atoms with Gasteiger partial charge in [0.15, 0.2) is 0 Å². The number of hydrogen-bond acceptors (Lipinski definition) is 5. The Bertz CT molecular complexity index is 1120. The van der Waals surface area contributed by atoms with E-state index in [9.17, 15) is 14.4 Å². The average molecular weight is 506 g/mol. The van der Waals surface area contributed by atoms with E-state index in [1.165, 1.54) is 19.3 Å². The van der Waals surface area contributed by atoms with Crippen LogP contribution in [-0.2, 0) is 27.4 Å². The Kier molecular flexibility index (Phi) is 8.52. The molecule has 0 bridgehead atoms. The first-order valence-corrected chi connectivity index (χ1v) is 13.4. The van der Waals surface area contributed by atoms with Gasteiger partial charge in [-0.05, 0) is 62.3 Å². The zero-order valence-electron chi connectivity index (χ0n) is 22.2. The van der Waals surface area contributed by atoms with E-state index in [1.807, 2.05) is 69.3 Å². The molecule has 0 spiro atoms. The molecule has 2 aromatic carbocycles. The van der Waals surface area contributed by atoms with Crippen molar-refractivity contribution in [2.75, 3.05) is 18.4 Å². The van der Waals surface area contributed by atoms with Gasteiger partial charge in [0.05, 0.1) is 5.92 Å². The number of carbonyl (C=O) groups is 3. The summed E-state index contributed by atoms with van der Waals surface area (Å²) in [6, 6.07) is 15.5. The second-order valence-corrected chi connectivity index (χ2v) is 11.3. The molecule has 37 heavy (non-hydrogen) atoms. The van der Waals surface area contributed by atoms with Gasteiger partial charge in [0.1, 0.15) is 5.60 Å². The number of fused-ring (bicyclic) bond motifs is 1. The minimum Gasteiger partial charge on any atom is -0.444 e. The van der Waals surface area contributed by atoms with Gasteiger partial charge in [-0.2, -0.15) is 0 Å². The molecule has 1 unspecified atom stereocenters. The van der Waals surface area contributed by atoms with Gasteiger partial charge in [-0.25, -0.2) is 4.79 Å². The Morgan fingerprint density at radius 3 is 2.49 bits per heavy atom. The summed E-state index contributed by atoms with van der Waals surface area (Å²) >= 11 is 0. The molecule has 198 valence electrons. The molecule has 2 aromatic rings. The van der Waals surface area contributed by atoms with E-state index in [2.05, 4.69) is 10.6 Å². The van der Waals surface area contributed by atoms with Crippen LogP contribution in [0.5, 0.6) is 0 Å². The monoisotopic (exact) mass is 505 g/mol. The molecule has 4 rings (SSSR count). The minimum absolute atomic E-state index is 0.322. The first-order chi connectivity index (χ1) is 17.7. The highest BCUT2D eigenvalue weighted by atomic mass is 16.6. The molecule has 0 radical (unpaired) electrons. The highest BCUT2D eigenvalue weighted by Crippen LogP contribution is 2.32. The van der Waals surface area contributed by atoms with Crippen LogP contribution < -0.4 is 10.6 Å².